The fourth-order valence-electron chi connectivity index (χ4n) is 4.16. The van der Waals surface area contributed by atoms with E-state index in [2.05, 4.69) is 47.1 Å². The van der Waals surface area contributed by atoms with Gasteiger partial charge in [-0.25, -0.2) is 4.98 Å². The van der Waals surface area contributed by atoms with E-state index in [1.165, 1.54) is 11.5 Å². The molecule has 0 atom stereocenters. The van der Waals surface area contributed by atoms with Crippen molar-refractivity contribution in [1.82, 2.24) is 19.5 Å². The van der Waals surface area contributed by atoms with Gasteiger partial charge in [-0.3, -0.25) is 4.79 Å². The third-order valence-electron chi connectivity index (χ3n) is 6.32. The van der Waals surface area contributed by atoms with Gasteiger partial charge in [0.25, 0.3) is 5.91 Å². The van der Waals surface area contributed by atoms with Crippen molar-refractivity contribution in [3.05, 3.63) is 70.0 Å². The van der Waals surface area contributed by atoms with Gasteiger partial charge in [0.1, 0.15) is 11.4 Å². The lowest BCUT2D eigenvalue weighted by Crippen LogP contribution is -2.40. The maximum absolute atomic E-state index is 12.8. The van der Waals surface area contributed by atoms with Gasteiger partial charge in [-0.1, -0.05) is 16.6 Å². The molecule has 0 bridgehead atoms. The second-order valence-corrected chi connectivity index (χ2v) is 10.9. The molecule has 4 aromatic rings. The number of nitrogens with one attached hydrogen (secondary N) is 2. The molecule has 3 heterocycles. The van der Waals surface area contributed by atoms with E-state index in [0.29, 0.717) is 11.6 Å². The van der Waals surface area contributed by atoms with E-state index >= 15 is 0 Å². The molecule has 2 aromatic carbocycles. The number of aromatic nitrogens is 3. The Morgan fingerprint density at radius 1 is 1.00 bits per heavy atom. The van der Waals surface area contributed by atoms with E-state index < -0.39 is 0 Å². The summed E-state index contributed by atoms with van der Waals surface area (Å²) in [5, 5.41) is 15.8. The fourth-order valence-corrected chi connectivity index (χ4v) is 5.90. The number of anilines is 3. The van der Waals surface area contributed by atoms with Crippen LogP contribution in [0.2, 0.25) is 0 Å². The number of likely N-dealkylation sites (tertiary alicyclic amines) is 1. The molecule has 0 radical (unpaired) electrons. The Bertz CT molecular complexity index is 1340. The Kier molecular flexibility index (Phi) is 7.73. The number of amides is 1. The number of rotatable bonds is 6. The summed E-state index contributed by atoms with van der Waals surface area (Å²) in [6, 6.07) is 15.8. The molecule has 37 heavy (non-hydrogen) atoms. The Balaban J connectivity index is 1.12. The van der Waals surface area contributed by atoms with Crippen LogP contribution in [-0.2, 0) is 0 Å². The Morgan fingerprint density at radius 2 is 1.68 bits per heavy atom. The second-order valence-electron chi connectivity index (χ2n) is 9.03. The lowest BCUT2D eigenvalue weighted by molar-refractivity contribution is 0.102. The second kappa shape index (κ2) is 11.3. The first-order valence-electron chi connectivity index (χ1n) is 11.9. The summed E-state index contributed by atoms with van der Waals surface area (Å²) in [6.07, 6.45) is 1.89. The summed E-state index contributed by atoms with van der Waals surface area (Å²) in [6.45, 7) is 1.71. The summed E-state index contributed by atoms with van der Waals surface area (Å²) in [7, 11) is 4.05. The molecule has 5 rings (SSSR count). The van der Waals surface area contributed by atoms with Crippen molar-refractivity contribution in [3.8, 4) is 11.3 Å². The third-order valence-corrected chi connectivity index (χ3v) is 8.19. The van der Waals surface area contributed by atoms with Crippen molar-refractivity contribution in [3.63, 3.8) is 0 Å². The molecular formula is C26H27N7OS3. The zero-order valence-corrected chi connectivity index (χ0v) is 23.0. The van der Waals surface area contributed by atoms with Crippen molar-refractivity contribution in [2.75, 3.05) is 42.7 Å². The Morgan fingerprint density at radius 3 is 2.32 bits per heavy atom. The van der Waals surface area contributed by atoms with Gasteiger partial charge in [-0.15, -0.1) is 16.4 Å². The van der Waals surface area contributed by atoms with Crippen LogP contribution in [0.4, 0.5) is 17.1 Å². The molecule has 11 heteroatoms. The number of nitrogens with zero attached hydrogens (tertiary/aromatic N) is 5. The monoisotopic (exact) mass is 549 g/mol. The highest BCUT2D eigenvalue weighted by molar-refractivity contribution is 7.80. The number of benzene rings is 2. The normalized spacial score (nSPS) is 13.8. The van der Waals surface area contributed by atoms with E-state index in [1.807, 2.05) is 61.3 Å². The maximum Gasteiger partial charge on any atom is 0.275 e. The number of hydrogen-bond donors (Lipinski definition) is 2. The van der Waals surface area contributed by atoms with Gasteiger partial charge in [0.15, 0.2) is 5.11 Å². The molecule has 1 aliphatic heterocycles. The quantitative estimate of drug-likeness (QED) is 0.303. The van der Waals surface area contributed by atoms with Crippen LogP contribution < -0.4 is 15.5 Å². The largest absolute Gasteiger partial charge is 0.378 e. The summed E-state index contributed by atoms with van der Waals surface area (Å²) in [4.78, 5) is 21.7. The van der Waals surface area contributed by atoms with Crippen molar-refractivity contribution in [1.29, 1.82) is 0 Å². The molecule has 1 fully saturated rings. The first-order chi connectivity index (χ1) is 18.0. The molecule has 0 aliphatic carbocycles. The predicted molar refractivity (Wildman–Crippen MR) is 156 cm³/mol. The van der Waals surface area contributed by atoms with E-state index in [0.717, 1.165) is 64.4 Å². The molecule has 0 saturated carbocycles. The molecule has 1 aliphatic rings. The molecule has 8 nitrogen and oxygen atoms in total. The fraction of sp³-hybridized carbons (Fsp3) is 0.269. The zero-order chi connectivity index (χ0) is 25.8. The highest BCUT2D eigenvalue weighted by atomic mass is 32.1. The minimum absolute atomic E-state index is 0.200. The van der Waals surface area contributed by atoms with E-state index in [-0.39, 0.29) is 5.91 Å². The standard InChI is InChI=1S/C26H27N7OS3/c1-32(2)21-9-7-20(8-10-21)28-26(35)33-13-11-18(12-14-33)25-29-23(15-36-25)24(34)27-19-5-3-17(4-6-19)22-16-37-31-30-22/h3-10,15-16,18H,11-14H2,1-2H3,(H,27,34)(H,28,35). The topological polar surface area (TPSA) is 86.3 Å². The molecule has 1 saturated heterocycles. The van der Waals surface area contributed by atoms with Crippen molar-refractivity contribution < 1.29 is 4.79 Å². The number of thiazole rings is 1. The van der Waals surface area contributed by atoms with Crippen LogP contribution in [-0.4, -0.2) is 57.7 Å². The molecule has 1 amide bonds. The van der Waals surface area contributed by atoms with E-state index in [9.17, 15) is 4.79 Å². The van der Waals surface area contributed by atoms with Gasteiger partial charge in [-0.05, 0) is 73.0 Å². The van der Waals surface area contributed by atoms with Crippen LogP contribution in [0.3, 0.4) is 0 Å². The SMILES string of the molecule is CN(C)c1ccc(NC(=S)N2CCC(c3nc(C(=O)Nc4ccc(-c5csnn5)cc4)cs3)CC2)cc1. The maximum atomic E-state index is 12.8. The predicted octanol–water partition coefficient (Wildman–Crippen LogP) is 5.56. The highest BCUT2D eigenvalue weighted by Crippen LogP contribution is 2.31. The smallest absolute Gasteiger partial charge is 0.275 e. The zero-order valence-electron chi connectivity index (χ0n) is 20.5. The molecule has 2 N–H and O–H groups in total. The van der Waals surface area contributed by atoms with Gasteiger partial charge < -0.3 is 20.4 Å². The average molecular weight is 550 g/mol. The lowest BCUT2D eigenvalue weighted by Gasteiger charge is -2.33. The van der Waals surface area contributed by atoms with Crippen LogP contribution >= 0.6 is 35.1 Å². The Labute approximate surface area is 229 Å². The van der Waals surface area contributed by atoms with Crippen molar-refractivity contribution in [2.45, 2.75) is 18.8 Å². The van der Waals surface area contributed by atoms with Crippen LogP contribution in [0.1, 0.15) is 34.3 Å². The van der Waals surface area contributed by atoms with Crippen molar-refractivity contribution in [2.24, 2.45) is 0 Å². The summed E-state index contributed by atoms with van der Waals surface area (Å²) >= 11 is 8.53. The summed E-state index contributed by atoms with van der Waals surface area (Å²) < 4.78 is 3.89. The van der Waals surface area contributed by atoms with Gasteiger partial charge in [-0.2, -0.15) is 0 Å². The highest BCUT2D eigenvalue weighted by Gasteiger charge is 2.25. The van der Waals surface area contributed by atoms with Gasteiger partial charge >= 0.3 is 0 Å². The molecule has 0 spiro atoms. The minimum Gasteiger partial charge on any atom is -0.378 e. The van der Waals surface area contributed by atoms with Crippen LogP contribution in [0.15, 0.2) is 59.3 Å². The Hall–Kier alpha value is -3.41. The van der Waals surface area contributed by atoms with Gasteiger partial charge in [0.2, 0.25) is 0 Å². The van der Waals surface area contributed by atoms with E-state index in [1.54, 1.807) is 11.3 Å². The van der Waals surface area contributed by atoms with Gasteiger partial charge in [0, 0.05) is 66.5 Å². The third kappa shape index (κ3) is 6.12. The lowest BCUT2D eigenvalue weighted by atomic mass is 9.98. The molecular weight excluding hydrogens is 523 g/mol. The number of carbonyl (C=O) groups excluding carboxylic acids is 1. The number of thiocarbonyl (C=S) groups is 1. The number of piperidine rings is 1. The van der Waals surface area contributed by atoms with Crippen molar-refractivity contribution >= 4 is 63.2 Å². The van der Waals surface area contributed by atoms with Gasteiger partial charge in [0.05, 0.1) is 5.01 Å². The van der Waals surface area contributed by atoms with Crippen LogP contribution in [0.25, 0.3) is 11.3 Å². The molecule has 0 unspecified atom stereocenters. The molecule has 190 valence electrons. The average Bonchev–Trinajstić information content (AvgIpc) is 3.63. The van der Waals surface area contributed by atoms with Crippen LogP contribution in [0.5, 0.6) is 0 Å². The minimum atomic E-state index is -0.200. The van der Waals surface area contributed by atoms with Crippen LogP contribution in [0, 0.1) is 0 Å². The summed E-state index contributed by atoms with van der Waals surface area (Å²) in [5.74, 6) is 0.129. The number of carbonyl (C=O) groups is 1. The van der Waals surface area contributed by atoms with E-state index in [4.69, 9.17) is 12.2 Å². The summed E-state index contributed by atoms with van der Waals surface area (Å²) in [5.41, 5.74) is 5.10. The molecule has 2 aromatic heterocycles. The number of hydrogen-bond acceptors (Lipinski definition) is 8. The first-order valence-corrected chi connectivity index (χ1v) is 14.1. The first kappa shape index (κ1) is 25.2.